The zero-order valence-corrected chi connectivity index (χ0v) is 14.7. The topological polar surface area (TPSA) is 151 Å². The minimum absolute atomic E-state index is 0.0627. The van der Waals surface area contributed by atoms with Gasteiger partial charge in [0.15, 0.2) is 0 Å². The standard InChI is InChI=1S/C19H14N4O6/c24-14-7-8-15(18(25)11-14)19(12-4-2-1-3-5-12)21-20-16-9-6-13(22(26)27)10-17(16)23(28)29/h1-11,20,24-25H. The van der Waals surface area contributed by atoms with E-state index >= 15 is 0 Å². The summed E-state index contributed by atoms with van der Waals surface area (Å²) in [5.41, 5.74) is 2.64. The molecule has 3 rings (SSSR count). The second kappa shape index (κ2) is 8.05. The Kier molecular flexibility index (Phi) is 5.35. The summed E-state index contributed by atoms with van der Waals surface area (Å²) in [7, 11) is 0. The normalized spacial score (nSPS) is 11.1. The first-order chi connectivity index (χ1) is 13.9. The summed E-state index contributed by atoms with van der Waals surface area (Å²) in [5, 5.41) is 46.1. The van der Waals surface area contributed by atoms with E-state index in [-0.39, 0.29) is 28.5 Å². The number of nitro benzene ring substituents is 2. The second-order valence-corrected chi connectivity index (χ2v) is 5.86. The average Bonchev–Trinajstić information content (AvgIpc) is 2.70. The van der Waals surface area contributed by atoms with Crippen molar-refractivity contribution in [2.75, 3.05) is 5.43 Å². The van der Waals surface area contributed by atoms with E-state index in [4.69, 9.17) is 0 Å². The van der Waals surface area contributed by atoms with Crippen LogP contribution in [0.2, 0.25) is 0 Å². The van der Waals surface area contributed by atoms with Gasteiger partial charge >= 0.3 is 5.69 Å². The van der Waals surface area contributed by atoms with E-state index in [9.17, 15) is 30.4 Å². The number of rotatable bonds is 6. The molecule has 0 aliphatic carbocycles. The van der Waals surface area contributed by atoms with Gasteiger partial charge in [0.25, 0.3) is 5.69 Å². The van der Waals surface area contributed by atoms with Crippen molar-refractivity contribution in [1.82, 2.24) is 0 Å². The van der Waals surface area contributed by atoms with Gasteiger partial charge in [-0.15, -0.1) is 0 Å². The molecule has 0 spiro atoms. The average molecular weight is 394 g/mol. The van der Waals surface area contributed by atoms with E-state index in [1.54, 1.807) is 30.3 Å². The van der Waals surface area contributed by atoms with E-state index < -0.39 is 21.2 Å². The van der Waals surface area contributed by atoms with Crippen molar-refractivity contribution in [3.05, 3.63) is 98.1 Å². The van der Waals surface area contributed by atoms with Crippen LogP contribution in [-0.2, 0) is 0 Å². The van der Waals surface area contributed by atoms with E-state index in [1.165, 1.54) is 18.2 Å². The van der Waals surface area contributed by atoms with Crippen LogP contribution in [0.5, 0.6) is 11.5 Å². The van der Waals surface area contributed by atoms with Crippen LogP contribution in [-0.4, -0.2) is 25.8 Å². The number of hydrogen-bond donors (Lipinski definition) is 3. The number of phenols is 2. The summed E-state index contributed by atoms with van der Waals surface area (Å²) in [6.07, 6.45) is 0. The molecule has 3 N–H and O–H groups in total. The van der Waals surface area contributed by atoms with E-state index in [0.717, 1.165) is 18.2 Å². The second-order valence-electron chi connectivity index (χ2n) is 5.86. The maximum atomic E-state index is 11.3. The van der Waals surface area contributed by atoms with Crippen LogP contribution in [0.3, 0.4) is 0 Å². The molecule has 3 aromatic carbocycles. The fraction of sp³-hybridized carbons (Fsp3) is 0. The predicted molar refractivity (Wildman–Crippen MR) is 105 cm³/mol. The first-order valence-corrected chi connectivity index (χ1v) is 8.21. The Morgan fingerprint density at radius 2 is 1.62 bits per heavy atom. The Labute approximate surface area is 163 Å². The van der Waals surface area contributed by atoms with E-state index in [0.29, 0.717) is 5.56 Å². The highest BCUT2D eigenvalue weighted by Gasteiger charge is 2.20. The van der Waals surface area contributed by atoms with Gasteiger partial charge < -0.3 is 10.2 Å². The maximum Gasteiger partial charge on any atom is 0.301 e. The lowest BCUT2D eigenvalue weighted by molar-refractivity contribution is -0.393. The van der Waals surface area contributed by atoms with E-state index in [2.05, 4.69) is 10.5 Å². The SMILES string of the molecule is O=[N+]([O-])c1ccc(NN=C(c2ccccc2)c2ccc(O)cc2O)c([N+](=O)[O-])c1. The summed E-state index contributed by atoms with van der Waals surface area (Å²) in [4.78, 5) is 20.7. The number of nitro groups is 2. The smallest absolute Gasteiger partial charge is 0.301 e. The summed E-state index contributed by atoms with van der Waals surface area (Å²) >= 11 is 0. The molecule has 0 heterocycles. The zero-order valence-electron chi connectivity index (χ0n) is 14.7. The lowest BCUT2D eigenvalue weighted by atomic mass is 10.0. The molecule has 0 saturated heterocycles. The molecule has 29 heavy (non-hydrogen) atoms. The van der Waals surface area contributed by atoms with Crippen molar-refractivity contribution in [2.45, 2.75) is 0 Å². The molecule has 0 amide bonds. The van der Waals surface area contributed by atoms with Gasteiger partial charge in [-0.1, -0.05) is 30.3 Å². The monoisotopic (exact) mass is 394 g/mol. The highest BCUT2D eigenvalue weighted by atomic mass is 16.6. The van der Waals surface area contributed by atoms with Crippen LogP contribution < -0.4 is 5.43 Å². The molecule has 3 aromatic rings. The van der Waals surface area contributed by atoms with Crippen molar-refractivity contribution >= 4 is 22.8 Å². The molecule has 146 valence electrons. The summed E-state index contributed by atoms with van der Waals surface area (Å²) in [6, 6.07) is 15.8. The summed E-state index contributed by atoms with van der Waals surface area (Å²) in [6.45, 7) is 0. The fourth-order valence-electron chi connectivity index (χ4n) is 2.59. The minimum atomic E-state index is -0.759. The largest absolute Gasteiger partial charge is 0.508 e. The highest BCUT2D eigenvalue weighted by Crippen LogP contribution is 2.30. The Morgan fingerprint density at radius 1 is 0.897 bits per heavy atom. The number of phenolic OH excluding ortho intramolecular Hbond substituents is 2. The molecule has 0 atom stereocenters. The number of non-ortho nitro benzene ring substituents is 1. The first kappa shape index (κ1) is 19.3. The van der Waals surface area contributed by atoms with Gasteiger partial charge in [-0.25, -0.2) is 0 Å². The quantitative estimate of drug-likeness (QED) is 0.327. The minimum Gasteiger partial charge on any atom is -0.508 e. The van der Waals surface area contributed by atoms with Crippen molar-refractivity contribution in [3.8, 4) is 11.5 Å². The van der Waals surface area contributed by atoms with Gasteiger partial charge in [-0.2, -0.15) is 5.10 Å². The Bertz CT molecular complexity index is 1110. The van der Waals surface area contributed by atoms with Crippen LogP contribution in [0.4, 0.5) is 17.1 Å². The molecule has 0 fully saturated rings. The third kappa shape index (κ3) is 4.27. The van der Waals surface area contributed by atoms with Gasteiger partial charge in [0.05, 0.1) is 15.9 Å². The van der Waals surface area contributed by atoms with Crippen molar-refractivity contribution < 1.29 is 20.1 Å². The molecule has 0 aromatic heterocycles. The maximum absolute atomic E-state index is 11.3. The van der Waals surface area contributed by atoms with Crippen molar-refractivity contribution in [2.24, 2.45) is 5.10 Å². The first-order valence-electron chi connectivity index (χ1n) is 8.21. The number of anilines is 1. The molecule has 10 heteroatoms. The predicted octanol–water partition coefficient (Wildman–Crippen LogP) is 3.78. The summed E-state index contributed by atoms with van der Waals surface area (Å²) in [5.74, 6) is -0.384. The van der Waals surface area contributed by atoms with Crippen LogP contribution in [0.15, 0.2) is 71.8 Å². The lowest BCUT2D eigenvalue weighted by Gasteiger charge is -2.10. The molecule has 0 unspecified atom stereocenters. The molecule has 10 nitrogen and oxygen atoms in total. The third-order valence-corrected chi connectivity index (χ3v) is 3.96. The molecular weight excluding hydrogens is 380 g/mol. The summed E-state index contributed by atoms with van der Waals surface area (Å²) < 4.78 is 0. The molecule has 0 radical (unpaired) electrons. The molecule has 0 saturated carbocycles. The highest BCUT2D eigenvalue weighted by molar-refractivity contribution is 6.14. The number of nitrogens with zero attached hydrogens (tertiary/aromatic N) is 3. The number of benzene rings is 3. The lowest BCUT2D eigenvalue weighted by Crippen LogP contribution is -2.08. The van der Waals surface area contributed by atoms with Crippen LogP contribution in [0.25, 0.3) is 0 Å². The van der Waals surface area contributed by atoms with Gasteiger partial charge in [0.2, 0.25) is 0 Å². The van der Waals surface area contributed by atoms with Crippen LogP contribution in [0, 0.1) is 20.2 Å². The fourth-order valence-corrected chi connectivity index (χ4v) is 2.59. The van der Waals surface area contributed by atoms with Crippen molar-refractivity contribution in [3.63, 3.8) is 0 Å². The van der Waals surface area contributed by atoms with E-state index in [1.807, 2.05) is 0 Å². The van der Waals surface area contributed by atoms with Gasteiger partial charge in [0.1, 0.15) is 22.9 Å². The number of hydrazone groups is 1. The number of nitrogens with one attached hydrogen (secondary N) is 1. The van der Waals surface area contributed by atoms with Gasteiger partial charge in [-0.05, 0) is 18.2 Å². The van der Waals surface area contributed by atoms with Crippen LogP contribution in [0.1, 0.15) is 11.1 Å². The molecule has 0 aliphatic heterocycles. The third-order valence-electron chi connectivity index (χ3n) is 3.96. The zero-order chi connectivity index (χ0) is 21.0. The molecular formula is C19H14N4O6. The Hall–Kier alpha value is -4.47. The molecule has 0 aliphatic rings. The number of aromatic hydroxyl groups is 2. The van der Waals surface area contributed by atoms with Gasteiger partial charge in [0, 0.05) is 23.3 Å². The van der Waals surface area contributed by atoms with Gasteiger partial charge in [-0.3, -0.25) is 25.7 Å². The Morgan fingerprint density at radius 3 is 2.24 bits per heavy atom. The van der Waals surface area contributed by atoms with Crippen LogP contribution >= 0.6 is 0 Å². The Balaban J connectivity index is 2.08. The van der Waals surface area contributed by atoms with Crippen molar-refractivity contribution in [1.29, 1.82) is 0 Å². The molecule has 0 bridgehead atoms. The number of hydrogen-bond acceptors (Lipinski definition) is 8.